The second kappa shape index (κ2) is 12.8. The molecule has 1 aliphatic carbocycles. The Bertz CT molecular complexity index is 917. The van der Waals surface area contributed by atoms with Crippen molar-refractivity contribution in [2.24, 2.45) is 0 Å². The van der Waals surface area contributed by atoms with E-state index in [0.29, 0.717) is 18.0 Å². The first-order chi connectivity index (χ1) is 15.9. The number of carboxylic acid groups (broad SMARTS) is 1. The van der Waals surface area contributed by atoms with Crippen LogP contribution in [0.2, 0.25) is 0 Å². The minimum atomic E-state index is -5.08. The number of alkyl halides is 3. The molecule has 0 radical (unpaired) electrons. The molecule has 1 aromatic carbocycles. The Balaban J connectivity index is 0.000000509. The summed E-state index contributed by atoms with van der Waals surface area (Å²) in [6.07, 6.45) is 0.148. The number of carbonyl (C=O) groups excluding carboxylic acids is 1. The smallest absolute Gasteiger partial charge is 0.475 e. The number of nitrogens with zero attached hydrogens (tertiary/aromatic N) is 2. The van der Waals surface area contributed by atoms with Crippen molar-refractivity contribution in [3.63, 3.8) is 0 Å². The van der Waals surface area contributed by atoms with E-state index in [1.807, 2.05) is 4.90 Å². The van der Waals surface area contributed by atoms with E-state index in [2.05, 4.69) is 21.2 Å². The van der Waals surface area contributed by atoms with Gasteiger partial charge in [-0.25, -0.2) is 13.2 Å². The van der Waals surface area contributed by atoms with Crippen molar-refractivity contribution in [3.05, 3.63) is 28.7 Å². The first-order valence-electron chi connectivity index (χ1n) is 11.0. The molecule has 0 unspecified atom stereocenters. The molecule has 1 heterocycles. The standard InChI is InChI=1S/C19H28BrN3O3S.C2HF3O2/c20-16-6-8-18(9-7-16)27(25,26)23(17-4-2-1-3-5-17)13-10-19(24)22-14-11-21-12-15-22;3-2(4,5)1(6)7/h6-9,17,21H,1-5,10-15H2;(H,6,7). The fourth-order valence-corrected chi connectivity index (χ4v) is 5.84. The van der Waals surface area contributed by atoms with Crippen molar-refractivity contribution in [2.75, 3.05) is 32.7 Å². The van der Waals surface area contributed by atoms with Gasteiger partial charge in [-0.15, -0.1) is 0 Å². The molecule has 1 aliphatic heterocycles. The van der Waals surface area contributed by atoms with Crippen molar-refractivity contribution >= 4 is 37.8 Å². The SMILES string of the molecule is O=C(CCN(C1CCCCC1)S(=O)(=O)c1ccc(Br)cc1)N1CCNCC1.O=C(O)C(F)(F)F. The number of sulfonamides is 1. The number of nitrogens with one attached hydrogen (secondary N) is 1. The molecule has 0 spiro atoms. The van der Waals surface area contributed by atoms with Crippen LogP contribution in [-0.4, -0.2) is 79.5 Å². The highest BCUT2D eigenvalue weighted by Gasteiger charge is 2.38. The zero-order chi connectivity index (χ0) is 25.4. The van der Waals surface area contributed by atoms with Gasteiger partial charge in [0.2, 0.25) is 15.9 Å². The van der Waals surface area contributed by atoms with E-state index < -0.39 is 22.2 Å². The Labute approximate surface area is 205 Å². The molecule has 1 amide bonds. The fourth-order valence-electron chi connectivity index (χ4n) is 3.89. The topological polar surface area (TPSA) is 107 Å². The molecule has 13 heteroatoms. The predicted molar refractivity (Wildman–Crippen MR) is 123 cm³/mol. The van der Waals surface area contributed by atoms with Crippen LogP contribution in [0.25, 0.3) is 0 Å². The number of aliphatic carboxylic acids is 1. The maximum Gasteiger partial charge on any atom is 0.490 e. The summed E-state index contributed by atoms with van der Waals surface area (Å²) in [4.78, 5) is 23.6. The van der Waals surface area contributed by atoms with Gasteiger partial charge in [0.15, 0.2) is 0 Å². The normalized spacial score (nSPS) is 17.7. The van der Waals surface area contributed by atoms with Crippen molar-refractivity contribution in [2.45, 2.75) is 55.6 Å². The van der Waals surface area contributed by atoms with Gasteiger partial charge in [-0.05, 0) is 37.1 Å². The van der Waals surface area contributed by atoms with Crippen LogP contribution in [0.1, 0.15) is 38.5 Å². The summed E-state index contributed by atoms with van der Waals surface area (Å²) in [6.45, 7) is 3.25. The van der Waals surface area contributed by atoms with Gasteiger partial charge in [0, 0.05) is 49.7 Å². The van der Waals surface area contributed by atoms with Gasteiger partial charge in [-0.1, -0.05) is 35.2 Å². The molecule has 1 saturated heterocycles. The Morgan fingerprint density at radius 1 is 1.09 bits per heavy atom. The zero-order valence-electron chi connectivity index (χ0n) is 18.6. The van der Waals surface area contributed by atoms with Gasteiger partial charge >= 0.3 is 12.1 Å². The third-order valence-corrected chi connectivity index (χ3v) is 8.16. The van der Waals surface area contributed by atoms with E-state index in [0.717, 1.165) is 49.7 Å². The second-order valence-electron chi connectivity index (χ2n) is 8.05. The molecule has 2 aliphatic rings. The van der Waals surface area contributed by atoms with E-state index in [4.69, 9.17) is 9.90 Å². The molecule has 1 aromatic rings. The van der Waals surface area contributed by atoms with Crippen LogP contribution in [0.15, 0.2) is 33.6 Å². The van der Waals surface area contributed by atoms with Crippen LogP contribution in [-0.2, 0) is 19.6 Å². The summed E-state index contributed by atoms with van der Waals surface area (Å²) in [5, 5.41) is 10.4. The van der Waals surface area contributed by atoms with Crippen LogP contribution in [0, 0.1) is 0 Å². The lowest BCUT2D eigenvalue weighted by Gasteiger charge is -2.34. The second-order valence-corrected chi connectivity index (χ2v) is 10.9. The first kappa shape index (κ1) is 28.5. The van der Waals surface area contributed by atoms with Crippen LogP contribution in [0.5, 0.6) is 0 Å². The lowest BCUT2D eigenvalue weighted by atomic mass is 9.95. The van der Waals surface area contributed by atoms with Gasteiger partial charge in [0.1, 0.15) is 0 Å². The van der Waals surface area contributed by atoms with Crippen molar-refractivity contribution < 1.29 is 36.3 Å². The maximum absolute atomic E-state index is 13.3. The van der Waals surface area contributed by atoms with Gasteiger partial charge in [-0.2, -0.15) is 17.5 Å². The number of benzene rings is 1. The molecular weight excluding hydrogens is 543 g/mol. The molecule has 192 valence electrons. The zero-order valence-corrected chi connectivity index (χ0v) is 21.0. The highest BCUT2D eigenvalue weighted by molar-refractivity contribution is 9.10. The third kappa shape index (κ3) is 8.51. The van der Waals surface area contributed by atoms with E-state index >= 15 is 0 Å². The summed E-state index contributed by atoms with van der Waals surface area (Å²) >= 11 is 3.36. The number of hydrogen-bond acceptors (Lipinski definition) is 5. The molecule has 0 aromatic heterocycles. The predicted octanol–water partition coefficient (Wildman–Crippen LogP) is 3.23. The van der Waals surface area contributed by atoms with Gasteiger partial charge in [0.05, 0.1) is 4.90 Å². The summed E-state index contributed by atoms with van der Waals surface area (Å²) in [6, 6.07) is 6.75. The van der Waals surface area contributed by atoms with Crippen molar-refractivity contribution in [3.8, 4) is 0 Å². The highest BCUT2D eigenvalue weighted by atomic mass is 79.9. The third-order valence-electron chi connectivity index (χ3n) is 5.66. The van der Waals surface area contributed by atoms with E-state index in [-0.39, 0.29) is 24.9 Å². The van der Waals surface area contributed by atoms with Crippen molar-refractivity contribution in [1.29, 1.82) is 0 Å². The number of rotatable bonds is 6. The lowest BCUT2D eigenvalue weighted by Crippen LogP contribution is -2.48. The molecule has 0 bridgehead atoms. The van der Waals surface area contributed by atoms with E-state index in [1.54, 1.807) is 28.6 Å². The van der Waals surface area contributed by atoms with Crippen LogP contribution in [0.3, 0.4) is 0 Å². The molecule has 1 saturated carbocycles. The number of hydrogen-bond donors (Lipinski definition) is 2. The Morgan fingerprint density at radius 2 is 1.62 bits per heavy atom. The number of amides is 1. The molecule has 8 nitrogen and oxygen atoms in total. The average Bonchev–Trinajstić information content (AvgIpc) is 2.80. The van der Waals surface area contributed by atoms with Crippen LogP contribution in [0.4, 0.5) is 13.2 Å². The van der Waals surface area contributed by atoms with Crippen LogP contribution >= 0.6 is 15.9 Å². The summed E-state index contributed by atoms with van der Waals surface area (Å²) in [7, 11) is -3.61. The van der Waals surface area contributed by atoms with Crippen LogP contribution < -0.4 is 5.32 Å². The highest BCUT2D eigenvalue weighted by Crippen LogP contribution is 2.28. The molecule has 0 atom stereocenters. The quantitative estimate of drug-likeness (QED) is 0.543. The molecule has 2 N–H and O–H groups in total. The van der Waals surface area contributed by atoms with E-state index in [1.165, 1.54) is 0 Å². The monoisotopic (exact) mass is 571 g/mol. The Hall–Kier alpha value is -1.70. The summed E-state index contributed by atoms with van der Waals surface area (Å²) in [5.74, 6) is -2.71. The average molecular weight is 572 g/mol. The van der Waals surface area contributed by atoms with Gasteiger partial charge in [-0.3, -0.25) is 4.79 Å². The number of carboxylic acids is 1. The molecule has 3 rings (SSSR count). The van der Waals surface area contributed by atoms with Gasteiger partial charge < -0.3 is 15.3 Å². The minimum absolute atomic E-state index is 0.0109. The van der Waals surface area contributed by atoms with Gasteiger partial charge in [0.25, 0.3) is 0 Å². The number of carbonyl (C=O) groups is 2. The number of halogens is 4. The molecular formula is C21H29BrF3N3O5S. The first-order valence-corrected chi connectivity index (χ1v) is 13.2. The fraction of sp³-hybridized carbons (Fsp3) is 0.619. The minimum Gasteiger partial charge on any atom is -0.475 e. The largest absolute Gasteiger partial charge is 0.490 e. The van der Waals surface area contributed by atoms with Crippen molar-refractivity contribution in [1.82, 2.24) is 14.5 Å². The maximum atomic E-state index is 13.3. The molecule has 34 heavy (non-hydrogen) atoms. The number of piperazine rings is 1. The molecule has 2 fully saturated rings. The summed E-state index contributed by atoms with van der Waals surface area (Å²) < 4.78 is 60.8. The Morgan fingerprint density at radius 3 is 2.12 bits per heavy atom. The van der Waals surface area contributed by atoms with E-state index in [9.17, 15) is 26.4 Å². The lowest BCUT2D eigenvalue weighted by molar-refractivity contribution is -0.192. The summed E-state index contributed by atoms with van der Waals surface area (Å²) in [5.41, 5.74) is 0. The Kier molecular flexibility index (Phi) is 10.8.